The predicted molar refractivity (Wildman–Crippen MR) is 200 cm³/mol. The SMILES string of the molecule is Cc1cccc(C)c1-n1c(-c2cc(C(C)(C)C)cc(C(C)(C)C)c2O)nc2c(-c3cc(CC(C)C)cc(-c4ccccn4)c3)nccc21. The molecular weight excluding hydrogens is 589 g/mol. The maximum atomic E-state index is 12.1. The highest BCUT2D eigenvalue weighted by atomic mass is 16.3. The van der Waals surface area contributed by atoms with Crippen LogP contribution in [-0.4, -0.2) is 24.6 Å². The van der Waals surface area contributed by atoms with Gasteiger partial charge in [-0.15, -0.1) is 0 Å². The number of pyridine rings is 2. The number of phenolic OH excluding ortho intramolecular Hbond substituents is 1. The molecule has 0 saturated heterocycles. The van der Waals surface area contributed by atoms with Gasteiger partial charge in [0.05, 0.1) is 28.2 Å². The van der Waals surface area contributed by atoms with E-state index in [4.69, 9.17) is 9.97 Å². The van der Waals surface area contributed by atoms with Gasteiger partial charge in [0.2, 0.25) is 0 Å². The lowest BCUT2D eigenvalue weighted by Gasteiger charge is -2.27. The second-order valence-corrected chi connectivity index (χ2v) is 15.7. The average molecular weight is 637 g/mol. The summed E-state index contributed by atoms with van der Waals surface area (Å²) in [4.78, 5) is 15.1. The summed E-state index contributed by atoms with van der Waals surface area (Å²) in [6, 6.07) is 25.4. The van der Waals surface area contributed by atoms with Gasteiger partial charge in [0.15, 0.2) is 0 Å². The molecule has 3 aromatic carbocycles. The molecular formula is C43H48N4O. The van der Waals surface area contributed by atoms with Crippen LogP contribution in [0.4, 0.5) is 0 Å². The smallest absolute Gasteiger partial charge is 0.149 e. The molecule has 6 aromatic rings. The topological polar surface area (TPSA) is 63.8 Å². The van der Waals surface area contributed by atoms with Gasteiger partial charge in [-0.1, -0.05) is 85.7 Å². The zero-order chi connectivity index (χ0) is 34.5. The Bertz CT molecular complexity index is 2110. The third kappa shape index (κ3) is 6.26. The van der Waals surface area contributed by atoms with Crippen LogP contribution in [0.15, 0.2) is 85.2 Å². The number of aryl methyl sites for hydroxylation is 2. The minimum absolute atomic E-state index is 0.136. The van der Waals surface area contributed by atoms with Crippen molar-refractivity contribution >= 4 is 11.0 Å². The van der Waals surface area contributed by atoms with Gasteiger partial charge in [-0.2, -0.15) is 0 Å². The molecule has 246 valence electrons. The van der Waals surface area contributed by atoms with Crippen molar-refractivity contribution in [3.05, 3.63) is 113 Å². The molecule has 5 heteroatoms. The molecule has 0 atom stereocenters. The van der Waals surface area contributed by atoms with Crippen molar-refractivity contribution in [3.63, 3.8) is 0 Å². The van der Waals surface area contributed by atoms with E-state index in [1.165, 1.54) is 5.56 Å². The van der Waals surface area contributed by atoms with Crippen LogP contribution in [0.1, 0.15) is 83.2 Å². The van der Waals surface area contributed by atoms with Crippen LogP contribution in [-0.2, 0) is 17.3 Å². The number of imidazole rings is 1. The Morgan fingerprint density at radius 1 is 0.750 bits per heavy atom. The molecule has 0 saturated carbocycles. The van der Waals surface area contributed by atoms with Gasteiger partial charge in [0.25, 0.3) is 0 Å². The highest BCUT2D eigenvalue weighted by Gasteiger charge is 2.29. The number of hydrogen-bond acceptors (Lipinski definition) is 4. The summed E-state index contributed by atoms with van der Waals surface area (Å²) in [6.07, 6.45) is 4.66. The first-order valence-corrected chi connectivity index (χ1v) is 17.0. The Balaban J connectivity index is 1.72. The van der Waals surface area contributed by atoms with E-state index in [0.717, 1.165) is 73.5 Å². The van der Waals surface area contributed by atoms with Crippen molar-refractivity contribution in [2.75, 3.05) is 0 Å². The Morgan fingerprint density at radius 3 is 2.08 bits per heavy atom. The highest BCUT2D eigenvalue weighted by molar-refractivity contribution is 5.95. The van der Waals surface area contributed by atoms with E-state index >= 15 is 0 Å². The number of nitrogens with zero attached hydrogens (tertiary/aromatic N) is 4. The van der Waals surface area contributed by atoms with Gasteiger partial charge < -0.3 is 5.11 Å². The summed E-state index contributed by atoms with van der Waals surface area (Å²) in [7, 11) is 0. The van der Waals surface area contributed by atoms with E-state index in [1.807, 2.05) is 30.6 Å². The largest absolute Gasteiger partial charge is 0.507 e. The monoisotopic (exact) mass is 636 g/mol. The fraction of sp³-hybridized carbons (Fsp3) is 0.326. The van der Waals surface area contributed by atoms with E-state index in [2.05, 4.69) is 133 Å². The molecule has 0 amide bonds. The standard InChI is InChI=1S/C43H48N4O/c1-26(2)20-29-21-30(35-16-11-12-18-44-35)23-31(22-29)37-38-36(17-19-45-37)47(39-27(3)14-13-15-28(39)4)41(46-38)33-24-32(42(5,6)7)25-34(40(33)48)43(8,9)10/h11-19,21-26,48H,20H2,1-10H3. The summed E-state index contributed by atoms with van der Waals surface area (Å²) in [5, 5.41) is 12.1. The van der Waals surface area contributed by atoms with Gasteiger partial charge in [-0.05, 0) is 102 Å². The molecule has 1 N–H and O–H groups in total. The summed E-state index contributed by atoms with van der Waals surface area (Å²) < 4.78 is 2.23. The number of aromatic nitrogens is 4. The molecule has 0 radical (unpaired) electrons. The molecule has 0 aliphatic rings. The van der Waals surface area contributed by atoms with Crippen LogP contribution >= 0.6 is 0 Å². The minimum Gasteiger partial charge on any atom is -0.507 e. The zero-order valence-corrected chi connectivity index (χ0v) is 30.1. The van der Waals surface area contributed by atoms with Crippen molar-refractivity contribution < 1.29 is 5.11 Å². The lowest BCUT2D eigenvalue weighted by atomic mass is 9.79. The fourth-order valence-electron chi connectivity index (χ4n) is 6.69. The van der Waals surface area contributed by atoms with Crippen LogP contribution < -0.4 is 0 Å². The van der Waals surface area contributed by atoms with Crippen molar-refractivity contribution in [1.82, 2.24) is 19.5 Å². The highest BCUT2D eigenvalue weighted by Crippen LogP contribution is 2.44. The molecule has 0 fully saturated rings. The fourth-order valence-corrected chi connectivity index (χ4v) is 6.69. The molecule has 0 unspecified atom stereocenters. The van der Waals surface area contributed by atoms with Crippen LogP contribution in [0, 0.1) is 19.8 Å². The van der Waals surface area contributed by atoms with Gasteiger partial charge in [0.1, 0.15) is 17.1 Å². The number of hydrogen-bond donors (Lipinski definition) is 1. The Kier molecular flexibility index (Phi) is 8.53. The molecule has 6 rings (SSSR count). The molecule has 0 spiro atoms. The van der Waals surface area contributed by atoms with Gasteiger partial charge in [-0.3, -0.25) is 14.5 Å². The van der Waals surface area contributed by atoms with Gasteiger partial charge in [-0.25, -0.2) is 4.98 Å². The van der Waals surface area contributed by atoms with E-state index < -0.39 is 0 Å². The molecule has 3 aromatic heterocycles. The second kappa shape index (κ2) is 12.4. The number of para-hydroxylation sites is 1. The van der Waals surface area contributed by atoms with Gasteiger partial charge in [0, 0.05) is 29.1 Å². The lowest BCUT2D eigenvalue weighted by molar-refractivity contribution is 0.446. The van der Waals surface area contributed by atoms with Crippen LogP contribution in [0.25, 0.3) is 50.6 Å². The lowest BCUT2D eigenvalue weighted by Crippen LogP contribution is -2.17. The second-order valence-electron chi connectivity index (χ2n) is 15.7. The van der Waals surface area contributed by atoms with E-state index in [1.54, 1.807) is 0 Å². The van der Waals surface area contributed by atoms with Crippen LogP contribution in [0.5, 0.6) is 5.75 Å². The zero-order valence-electron chi connectivity index (χ0n) is 30.1. The van der Waals surface area contributed by atoms with Crippen LogP contribution in [0.3, 0.4) is 0 Å². The first kappa shape index (κ1) is 33.1. The molecule has 5 nitrogen and oxygen atoms in total. The molecule has 48 heavy (non-hydrogen) atoms. The molecule has 3 heterocycles. The Hall–Kier alpha value is -4.77. The molecule has 0 aliphatic heterocycles. The molecule has 0 bridgehead atoms. The predicted octanol–water partition coefficient (Wildman–Crippen LogP) is 10.9. The van der Waals surface area contributed by atoms with Crippen molar-refractivity contribution in [2.45, 2.75) is 86.5 Å². The maximum Gasteiger partial charge on any atom is 0.149 e. The maximum absolute atomic E-state index is 12.1. The third-order valence-electron chi connectivity index (χ3n) is 9.13. The van der Waals surface area contributed by atoms with Crippen LogP contribution in [0.2, 0.25) is 0 Å². The Morgan fingerprint density at radius 2 is 1.46 bits per heavy atom. The Labute approximate surface area is 285 Å². The number of phenols is 1. The quantitative estimate of drug-likeness (QED) is 0.198. The summed E-state index contributed by atoms with van der Waals surface area (Å²) in [5.41, 5.74) is 12.5. The number of rotatable bonds is 6. The van der Waals surface area contributed by atoms with Gasteiger partial charge >= 0.3 is 0 Å². The first-order chi connectivity index (χ1) is 22.6. The summed E-state index contributed by atoms with van der Waals surface area (Å²) >= 11 is 0. The van der Waals surface area contributed by atoms with Crippen molar-refractivity contribution in [2.24, 2.45) is 5.92 Å². The minimum atomic E-state index is -0.277. The number of fused-ring (bicyclic) bond motifs is 1. The van der Waals surface area contributed by atoms with Crippen molar-refractivity contribution in [3.8, 4) is 45.3 Å². The summed E-state index contributed by atoms with van der Waals surface area (Å²) in [5.74, 6) is 1.46. The normalized spacial score (nSPS) is 12.3. The summed E-state index contributed by atoms with van der Waals surface area (Å²) in [6.45, 7) is 21.9. The van der Waals surface area contributed by atoms with E-state index in [9.17, 15) is 5.11 Å². The third-order valence-corrected chi connectivity index (χ3v) is 9.13. The van der Waals surface area contributed by atoms with E-state index in [-0.39, 0.29) is 16.6 Å². The first-order valence-electron chi connectivity index (χ1n) is 17.0. The number of aromatic hydroxyl groups is 1. The average Bonchev–Trinajstić information content (AvgIpc) is 3.39. The number of benzene rings is 3. The molecule has 0 aliphatic carbocycles. The van der Waals surface area contributed by atoms with E-state index in [0.29, 0.717) is 11.7 Å². The van der Waals surface area contributed by atoms with Crippen molar-refractivity contribution in [1.29, 1.82) is 0 Å².